The molecule has 2 nitrogen and oxygen atoms in total. The van der Waals surface area contributed by atoms with Crippen LogP contribution in [0.25, 0.3) is 10.9 Å². The smallest absolute Gasteiger partial charge is 0.129 e. The minimum Gasteiger partial charge on any atom is -0.392 e. The zero-order valence-corrected chi connectivity index (χ0v) is 13.9. The second-order valence-electron chi connectivity index (χ2n) is 5.43. The van der Waals surface area contributed by atoms with Crippen molar-refractivity contribution >= 4 is 34.9 Å². The summed E-state index contributed by atoms with van der Waals surface area (Å²) in [6.07, 6.45) is 0. The molecule has 1 aromatic heterocycles. The molecule has 1 aromatic carbocycles. The van der Waals surface area contributed by atoms with Crippen molar-refractivity contribution in [1.29, 1.82) is 0 Å². The van der Waals surface area contributed by atoms with E-state index in [0.717, 1.165) is 22.0 Å². The molecule has 0 aliphatic rings. The van der Waals surface area contributed by atoms with Crippen molar-refractivity contribution in [1.82, 2.24) is 4.98 Å². The van der Waals surface area contributed by atoms with E-state index in [4.69, 9.17) is 0 Å². The van der Waals surface area contributed by atoms with E-state index in [-0.39, 0.29) is 6.61 Å². The third kappa shape index (κ3) is 3.24. The third-order valence-corrected chi connectivity index (χ3v) is 4.19. The fourth-order valence-corrected chi connectivity index (χ4v) is 2.77. The fourth-order valence-electron chi connectivity index (χ4n) is 1.76. The molecular weight excluding hydrogens is 318 g/mol. The van der Waals surface area contributed by atoms with Crippen LogP contribution >= 0.6 is 15.9 Å². The summed E-state index contributed by atoms with van der Waals surface area (Å²) >= 11 is 3.42. The maximum atomic E-state index is 9.56. The van der Waals surface area contributed by atoms with E-state index >= 15 is 0 Å². The van der Waals surface area contributed by atoms with Crippen LogP contribution in [0.2, 0.25) is 19.6 Å². The van der Waals surface area contributed by atoms with Gasteiger partial charge in [-0.1, -0.05) is 43.8 Å². The molecule has 0 spiro atoms. The Kier molecular flexibility index (Phi) is 4.09. The average Bonchev–Trinajstić information content (AvgIpc) is 2.34. The van der Waals surface area contributed by atoms with Crippen molar-refractivity contribution in [2.45, 2.75) is 26.2 Å². The first kappa shape index (κ1) is 14.3. The number of halogens is 1. The molecule has 0 atom stereocenters. The fraction of sp³-hybridized carbons (Fsp3) is 0.267. The van der Waals surface area contributed by atoms with Crippen molar-refractivity contribution in [3.05, 3.63) is 40.0 Å². The summed E-state index contributed by atoms with van der Waals surface area (Å²) in [5, 5.41) is 10.6. The number of aliphatic hydroxyl groups excluding tert-OH is 1. The molecule has 1 heterocycles. The second kappa shape index (κ2) is 5.46. The number of aliphatic hydroxyl groups is 1. The zero-order valence-electron chi connectivity index (χ0n) is 11.3. The molecule has 0 radical (unpaired) electrons. The Balaban J connectivity index is 2.77. The highest BCUT2D eigenvalue weighted by Gasteiger charge is 2.13. The Morgan fingerprint density at radius 1 is 1.26 bits per heavy atom. The number of nitrogens with zero attached hydrogens (tertiary/aromatic N) is 1. The van der Waals surface area contributed by atoms with Gasteiger partial charge in [0, 0.05) is 16.5 Å². The van der Waals surface area contributed by atoms with Gasteiger partial charge in [-0.25, -0.2) is 4.98 Å². The maximum absolute atomic E-state index is 9.56. The molecule has 2 aromatic rings. The van der Waals surface area contributed by atoms with Gasteiger partial charge in [0.25, 0.3) is 0 Å². The molecule has 4 heteroatoms. The van der Waals surface area contributed by atoms with E-state index < -0.39 is 8.07 Å². The van der Waals surface area contributed by atoms with Gasteiger partial charge in [0.2, 0.25) is 0 Å². The van der Waals surface area contributed by atoms with Crippen LogP contribution in [0.15, 0.2) is 28.9 Å². The number of rotatable bonds is 1. The van der Waals surface area contributed by atoms with Crippen LogP contribution in [-0.4, -0.2) is 18.2 Å². The molecule has 0 amide bonds. The second-order valence-corrected chi connectivity index (χ2v) is 10.9. The van der Waals surface area contributed by atoms with Crippen LogP contribution < -0.4 is 0 Å². The van der Waals surface area contributed by atoms with Crippen molar-refractivity contribution < 1.29 is 5.11 Å². The minimum atomic E-state index is -1.46. The Morgan fingerprint density at radius 2 is 1.95 bits per heavy atom. The molecule has 0 saturated carbocycles. The summed E-state index contributed by atoms with van der Waals surface area (Å²) in [6.45, 7) is 6.55. The van der Waals surface area contributed by atoms with Crippen LogP contribution in [0, 0.1) is 11.5 Å². The monoisotopic (exact) mass is 333 g/mol. The first-order chi connectivity index (χ1) is 8.92. The zero-order chi connectivity index (χ0) is 14.0. The Morgan fingerprint density at radius 3 is 2.58 bits per heavy atom. The normalized spacial score (nSPS) is 11.2. The largest absolute Gasteiger partial charge is 0.392 e. The van der Waals surface area contributed by atoms with Crippen molar-refractivity contribution in [3.8, 4) is 11.5 Å². The molecule has 0 bridgehead atoms. The predicted octanol–water partition coefficient (Wildman–Crippen LogP) is 3.72. The van der Waals surface area contributed by atoms with Gasteiger partial charge in [-0.05, 0) is 22.0 Å². The molecule has 0 aliphatic carbocycles. The lowest BCUT2D eigenvalue weighted by molar-refractivity contribution is 0.280. The first-order valence-corrected chi connectivity index (χ1v) is 10.4. The Labute approximate surface area is 123 Å². The highest BCUT2D eigenvalue weighted by molar-refractivity contribution is 9.10. The van der Waals surface area contributed by atoms with Crippen LogP contribution in [0.1, 0.15) is 11.1 Å². The van der Waals surface area contributed by atoms with E-state index in [1.807, 2.05) is 24.3 Å². The van der Waals surface area contributed by atoms with E-state index in [1.165, 1.54) is 0 Å². The standard InChI is InChI=1S/C15H16BrNOSi/c1-19(2,3)9-8-11-12-6-4-5-7-14(12)17-15(16)13(11)10-18/h4-7,18H,10H2,1-3H3. The Bertz CT molecular complexity index is 680. The lowest BCUT2D eigenvalue weighted by Gasteiger charge is -2.09. The summed E-state index contributed by atoms with van der Waals surface area (Å²) < 4.78 is 0.675. The quantitative estimate of drug-likeness (QED) is 0.490. The Hall–Kier alpha value is -1.15. The predicted molar refractivity (Wildman–Crippen MR) is 85.6 cm³/mol. The summed E-state index contributed by atoms with van der Waals surface area (Å²) in [5.41, 5.74) is 5.92. The van der Waals surface area contributed by atoms with Crippen LogP contribution in [-0.2, 0) is 6.61 Å². The van der Waals surface area contributed by atoms with Crippen molar-refractivity contribution in [2.75, 3.05) is 0 Å². The van der Waals surface area contributed by atoms with E-state index in [0.29, 0.717) is 4.60 Å². The van der Waals surface area contributed by atoms with E-state index in [1.54, 1.807) is 0 Å². The van der Waals surface area contributed by atoms with Gasteiger partial charge in [0.05, 0.1) is 12.1 Å². The maximum Gasteiger partial charge on any atom is 0.129 e. The molecule has 0 aliphatic heterocycles. The number of hydrogen-bond donors (Lipinski definition) is 1. The van der Waals surface area contributed by atoms with Gasteiger partial charge >= 0.3 is 0 Å². The number of fused-ring (bicyclic) bond motifs is 1. The lowest BCUT2D eigenvalue weighted by atomic mass is 10.0. The molecule has 0 fully saturated rings. The van der Waals surface area contributed by atoms with Gasteiger partial charge in [-0.3, -0.25) is 0 Å². The van der Waals surface area contributed by atoms with Gasteiger partial charge in [0.1, 0.15) is 12.7 Å². The van der Waals surface area contributed by atoms with E-state index in [2.05, 4.69) is 52.0 Å². The molecule has 0 unspecified atom stereocenters. The molecule has 19 heavy (non-hydrogen) atoms. The van der Waals surface area contributed by atoms with Crippen LogP contribution in [0.3, 0.4) is 0 Å². The van der Waals surface area contributed by atoms with Crippen molar-refractivity contribution in [2.24, 2.45) is 0 Å². The van der Waals surface area contributed by atoms with Crippen molar-refractivity contribution in [3.63, 3.8) is 0 Å². The summed E-state index contributed by atoms with van der Waals surface area (Å²) in [6, 6.07) is 7.89. The van der Waals surface area contributed by atoms with Gasteiger partial charge < -0.3 is 5.11 Å². The summed E-state index contributed by atoms with van der Waals surface area (Å²) in [4.78, 5) is 4.45. The topological polar surface area (TPSA) is 33.1 Å². The van der Waals surface area contributed by atoms with Gasteiger partial charge in [0.15, 0.2) is 0 Å². The first-order valence-electron chi connectivity index (χ1n) is 6.13. The number of benzene rings is 1. The molecule has 2 rings (SSSR count). The molecule has 1 N–H and O–H groups in total. The van der Waals surface area contributed by atoms with Gasteiger partial charge in [-0.2, -0.15) is 0 Å². The highest BCUT2D eigenvalue weighted by Crippen LogP contribution is 2.26. The summed E-state index contributed by atoms with van der Waals surface area (Å²) in [7, 11) is -1.46. The number of hydrogen-bond acceptors (Lipinski definition) is 2. The summed E-state index contributed by atoms with van der Waals surface area (Å²) in [5.74, 6) is 3.27. The highest BCUT2D eigenvalue weighted by atomic mass is 79.9. The number of aromatic nitrogens is 1. The van der Waals surface area contributed by atoms with Crippen LogP contribution in [0.5, 0.6) is 0 Å². The molecule has 98 valence electrons. The van der Waals surface area contributed by atoms with E-state index in [9.17, 15) is 5.11 Å². The average molecular weight is 334 g/mol. The number of para-hydroxylation sites is 1. The minimum absolute atomic E-state index is 0.0614. The van der Waals surface area contributed by atoms with Gasteiger partial charge in [-0.15, -0.1) is 5.54 Å². The lowest BCUT2D eigenvalue weighted by Crippen LogP contribution is -2.16. The molecular formula is C15H16BrNOSi. The SMILES string of the molecule is C[Si](C)(C)C#Cc1c(CO)c(Br)nc2ccccc12. The number of pyridine rings is 1. The third-order valence-electron chi connectivity index (χ3n) is 2.66. The molecule has 0 saturated heterocycles. The van der Waals surface area contributed by atoms with Crippen LogP contribution in [0.4, 0.5) is 0 Å².